The average molecular weight is 309 g/mol. The summed E-state index contributed by atoms with van der Waals surface area (Å²) < 4.78 is 38.1. The molecule has 0 bridgehead atoms. The van der Waals surface area contributed by atoms with Gasteiger partial charge >= 0.3 is 6.18 Å². The number of rotatable bonds is 5. The summed E-state index contributed by atoms with van der Waals surface area (Å²) in [4.78, 5) is 5.61. The molecular weight excluding hydrogens is 289 g/mol. The van der Waals surface area contributed by atoms with Crippen molar-refractivity contribution >= 4 is 17.4 Å². The van der Waals surface area contributed by atoms with Gasteiger partial charge in [-0.05, 0) is 37.5 Å². The molecule has 0 aromatic carbocycles. The molecule has 0 radical (unpaired) electrons. The first kappa shape index (κ1) is 17.1. The molecule has 2 nitrogen and oxygen atoms in total. The van der Waals surface area contributed by atoms with Crippen molar-refractivity contribution in [2.45, 2.75) is 51.7 Å². The highest BCUT2D eigenvalue weighted by molar-refractivity contribution is 6.17. The minimum atomic E-state index is -4.26. The third-order valence-electron chi connectivity index (χ3n) is 2.90. The molecule has 0 spiro atoms. The Labute approximate surface area is 122 Å². The van der Waals surface area contributed by atoms with E-state index in [-0.39, 0.29) is 17.8 Å². The van der Waals surface area contributed by atoms with Crippen molar-refractivity contribution in [3.8, 4) is 0 Å². The van der Waals surface area contributed by atoms with Crippen LogP contribution >= 0.6 is 11.6 Å². The highest BCUT2D eigenvalue weighted by Crippen LogP contribution is 2.26. The van der Waals surface area contributed by atoms with Crippen molar-refractivity contribution in [3.63, 3.8) is 0 Å². The summed E-state index contributed by atoms with van der Waals surface area (Å²) in [5.41, 5.74) is 1.54. The maximum Gasteiger partial charge on any atom is 0.405 e. The quantitative estimate of drug-likeness (QED) is 0.732. The molecule has 0 unspecified atom stereocenters. The van der Waals surface area contributed by atoms with E-state index in [2.05, 4.69) is 4.98 Å². The van der Waals surface area contributed by atoms with Gasteiger partial charge < -0.3 is 4.90 Å². The second kappa shape index (κ2) is 6.66. The molecule has 0 amide bonds. The fourth-order valence-electron chi connectivity index (χ4n) is 1.84. The van der Waals surface area contributed by atoms with E-state index in [4.69, 9.17) is 11.6 Å². The minimum Gasteiger partial charge on any atom is -0.345 e. The third kappa shape index (κ3) is 4.85. The molecule has 0 fully saturated rings. The predicted molar refractivity (Wildman–Crippen MR) is 76.4 cm³/mol. The zero-order chi connectivity index (χ0) is 15.5. The maximum atomic E-state index is 12.7. The second-order valence-electron chi connectivity index (χ2n) is 5.38. The van der Waals surface area contributed by atoms with Gasteiger partial charge in [0.25, 0.3) is 0 Å². The number of aromatic nitrogens is 1. The normalized spacial score (nSPS) is 12.3. The van der Waals surface area contributed by atoms with Gasteiger partial charge in [-0.2, -0.15) is 13.2 Å². The smallest absolute Gasteiger partial charge is 0.345 e. The van der Waals surface area contributed by atoms with E-state index in [0.717, 1.165) is 11.3 Å². The van der Waals surface area contributed by atoms with Crippen molar-refractivity contribution in [3.05, 3.63) is 23.4 Å². The van der Waals surface area contributed by atoms with Gasteiger partial charge in [-0.25, -0.2) is 4.98 Å². The molecule has 20 heavy (non-hydrogen) atoms. The number of nitrogens with zero attached hydrogens (tertiary/aromatic N) is 2. The number of pyridine rings is 1. The lowest BCUT2D eigenvalue weighted by Gasteiger charge is -2.29. The Bertz CT molecular complexity index is 445. The SMILES string of the molecule is CC(C)c1cc(CCl)cc(N(CC(F)(F)F)C(C)C)n1. The largest absolute Gasteiger partial charge is 0.405 e. The van der Waals surface area contributed by atoms with E-state index in [9.17, 15) is 13.2 Å². The Balaban J connectivity index is 3.22. The van der Waals surface area contributed by atoms with Crippen molar-refractivity contribution in [2.75, 3.05) is 11.4 Å². The van der Waals surface area contributed by atoms with Crippen LogP contribution in [0.15, 0.2) is 12.1 Å². The summed E-state index contributed by atoms with van der Waals surface area (Å²) in [6.45, 7) is 6.33. The summed E-state index contributed by atoms with van der Waals surface area (Å²) in [6, 6.07) is 3.17. The fraction of sp³-hybridized carbons (Fsp3) is 0.643. The summed E-state index contributed by atoms with van der Waals surface area (Å²) in [6.07, 6.45) is -4.26. The van der Waals surface area contributed by atoms with Gasteiger partial charge in [0.15, 0.2) is 0 Å². The van der Waals surface area contributed by atoms with Crippen LogP contribution in [0.3, 0.4) is 0 Å². The van der Waals surface area contributed by atoms with Gasteiger partial charge in [0.2, 0.25) is 0 Å². The molecular formula is C14H20ClF3N2. The predicted octanol–water partition coefficient (Wildman–Crippen LogP) is 4.72. The first-order valence-corrected chi connectivity index (χ1v) is 7.07. The average Bonchev–Trinajstić information content (AvgIpc) is 2.33. The van der Waals surface area contributed by atoms with Crippen LogP contribution in [0.1, 0.15) is 44.9 Å². The number of alkyl halides is 4. The van der Waals surface area contributed by atoms with Crippen molar-refractivity contribution in [1.82, 2.24) is 4.98 Å². The first-order chi connectivity index (χ1) is 9.14. The summed E-state index contributed by atoms with van der Waals surface area (Å²) in [5, 5.41) is 0. The number of halogens is 4. The monoisotopic (exact) mass is 308 g/mol. The third-order valence-corrected chi connectivity index (χ3v) is 3.21. The van der Waals surface area contributed by atoms with E-state index in [1.54, 1.807) is 19.9 Å². The van der Waals surface area contributed by atoms with E-state index in [1.165, 1.54) is 4.90 Å². The topological polar surface area (TPSA) is 16.1 Å². The molecule has 1 aromatic heterocycles. The van der Waals surface area contributed by atoms with Gasteiger partial charge in [-0.15, -0.1) is 11.6 Å². The number of hydrogen-bond acceptors (Lipinski definition) is 2. The van der Waals surface area contributed by atoms with Gasteiger partial charge in [0.1, 0.15) is 12.4 Å². The van der Waals surface area contributed by atoms with E-state index in [1.807, 2.05) is 19.9 Å². The Kier molecular flexibility index (Phi) is 5.68. The summed E-state index contributed by atoms with van der Waals surface area (Å²) >= 11 is 5.82. The standard InChI is InChI=1S/C14H20ClF3N2/c1-9(2)12-5-11(7-15)6-13(19-12)20(10(3)4)8-14(16,17)18/h5-6,9-10H,7-8H2,1-4H3. The molecule has 6 heteroatoms. The van der Waals surface area contributed by atoms with Crippen LogP contribution in [-0.2, 0) is 5.88 Å². The van der Waals surface area contributed by atoms with Crippen LogP contribution in [0.5, 0.6) is 0 Å². The van der Waals surface area contributed by atoms with Crippen LogP contribution in [0.4, 0.5) is 19.0 Å². The maximum absolute atomic E-state index is 12.7. The molecule has 0 atom stereocenters. The molecule has 0 aliphatic carbocycles. The van der Waals surface area contributed by atoms with Crippen molar-refractivity contribution in [1.29, 1.82) is 0 Å². The lowest BCUT2D eigenvalue weighted by Crippen LogP contribution is -2.39. The van der Waals surface area contributed by atoms with Crippen LogP contribution in [0.2, 0.25) is 0 Å². The molecule has 1 rings (SSSR count). The summed E-state index contributed by atoms with van der Waals surface area (Å²) in [5.74, 6) is 0.726. The highest BCUT2D eigenvalue weighted by atomic mass is 35.5. The molecule has 0 saturated heterocycles. The van der Waals surface area contributed by atoms with E-state index < -0.39 is 12.7 Å². The second-order valence-corrected chi connectivity index (χ2v) is 5.65. The molecule has 1 heterocycles. The summed E-state index contributed by atoms with van der Waals surface area (Å²) in [7, 11) is 0. The van der Waals surface area contributed by atoms with E-state index >= 15 is 0 Å². The first-order valence-electron chi connectivity index (χ1n) is 6.54. The Hall–Kier alpha value is -0.970. The Morgan fingerprint density at radius 2 is 1.80 bits per heavy atom. The van der Waals surface area contributed by atoms with Gasteiger partial charge in [0, 0.05) is 17.6 Å². The lowest BCUT2D eigenvalue weighted by atomic mass is 10.1. The fourth-order valence-corrected chi connectivity index (χ4v) is 1.99. The van der Waals surface area contributed by atoms with Gasteiger partial charge in [-0.1, -0.05) is 13.8 Å². The number of hydrogen-bond donors (Lipinski definition) is 0. The zero-order valence-electron chi connectivity index (χ0n) is 12.1. The van der Waals surface area contributed by atoms with Crippen LogP contribution in [-0.4, -0.2) is 23.7 Å². The van der Waals surface area contributed by atoms with Crippen molar-refractivity contribution < 1.29 is 13.2 Å². The lowest BCUT2D eigenvalue weighted by molar-refractivity contribution is -0.120. The number of anilines is 1. The zero-order valence-corrected chi connectivity index (χ0v) is 12.9. The highest BCUT2D eigenvalue weighted by Gasteiger charge is 2.32. The molecule has 0 N–H and O–H groups in total. The van der Waals surface area contributed by atoms with Crippen molar-refractivity contribution in [2.24, 2.45) is 0 Å². The molecule has 0 aliphatic rings. The van der Waals surface area contributed by atoms with E-state index in [0.29, 0.717) is 5.82 Å². The van der Waals surface area contributed by atoms with Crippen LogP contribution in [0.25, 0.3) is 0 Å². The van der Waals surface area contributed by atoms with Gasteiger partial charge in [-0.3, -0.25) is 0 Å². The molecule has 0 saturated carbocycles. The molecule has 1 aromatic rings. The molecule has 0 aliphatic heterocycles. The minimum absolute atomic E-state index is 0.136. The van der Waals surface area contributed by atoms with Crippen LogP contribution < -0.4 is 4.90 Å². The molecule has 114 valence electrons. The van der Waals surface area contributed by atoms with Gasteiger partial charge in [0.05, 0.1) is 0 Å². The Morgan fingerprint density at radius 1 is 1.20 bits per heavy atom. The van der Waals surface area contributed by atoms with Crippen LogP contribution in [0, 0.1) is 0 Å². The Morgan fingerprint density at radius 3 is 2.20 bits per heavy atom.